The van der Waals surface area contributed by atoms with Crippen molar-refractivity contribution in [2.45, 2.75) is 13.8 Å². The minimum absolute atomic E-state index is 1.11. The van der Waals surface area contributed by atoms with Gasteiger partial charge in [-0.3, -0.25) is 0 Å². The van der Waals surface area contributed by atoms with Gasteiger partial charge in [-0.1, -0.05) is 0 Å². The maximum absolute atomic E-state index is 8.80. The summed E-state index contributed by atoms with van der Waals surface area (Å²) in [6.45, 7) is 4.48. The summed E-state index contributed by atoms with van der Waals surface area (Å²) < 4.78 is 8.45. The quantitative estimate of drug-likeness (QED) is 0.206. The minimum Gasteiger partial charge on any atom is -0.193 e. The Morgan fingerprint density at radius 2 is 0.971 bits per heavy atom. The van der Waals surface area contributed by atoms with E-state index in [-0.39, 0.29) is 0 Å². The SMILES string of the molecule is Cc1c(-c2ccc(/C=C/C#N)s2)sc2c1sc1c3sc(-c4ccc(/C=C/C#N)s4)c(C)c3sc21. The first-order chi connectivity index (χ1) is 16.6. The van der Waals surface area contributed by atoms with E-state index in [0.29, 0.717) is 0 Å². The Morgan fingerprint density at radius 1 is 0.559 bits per heavy atom. The molecule has 2 nitrogen and oxygen atoms in total. The van der Waals surface area contributed by atoms with E-state index in [1.807, 2.05) is 57.5 Å². The molecule has 6 heterocycles. The summed E-state index contributed by atoms with van der Waals surface area (Å²) in [6, 6.07) is 12.7. The molecule has 6 aromatic heterocycles. The van der Waals surface area contributed by atoms with Crippen molar-refractivity contribution in [3.05, 3.63) is 57.3 Å². The molecular weight excluding hydrogens is 533 g/mol. The van der Waals surface area contributed by atoms with Gasteiger partial charge < -0.3 is 0 Å². The molecule has 0 saturated carbocycles. The van der Waals surface area contributed by atoms with Gasteiger partial charge in [-0.05, 0) is 61.4 Å². The molecular formula is C26H14N2S6. The van der Waals surface area contributed by atoms with Crippen molar-refractivity contribution in [3.63, 3.8) is 0 Å². The summed E-state index contributed by atoms with van der Waals surface area (Å²) in [4.78, 5) is 7.45. The molecule has 34 heavy (non-hydrogen) atoms. The number of fused-ring (bicyclic) bond motifs is 5. The Morgan fingerprint density at radius 3 is 1.38 bits per heavy atom. The smallest absolute Gasteiger partial charge is 0.0912 e. The van der Waals surface area contributed by atoms with E-state index in [2.05, 4.69) is 50.3 Å². The lowest BCUT2D eigenvalue weighted by molar-refractivity contribution is 1.54. The van der Waals surface area contributed by atoms with Gasteiger partial charge >= 0.3 is 0 Å². The van der Waals surface area contributed by atoms with E-state index in [9.17, 15) is 0 Å². The molecule has 0 fully saturated rings. The topological polar surface area (TPSA) is 47.6 Å². The molecule has 0 atom stereocenters. The van der Waals surface area contributed by atoms with Crippen LogP contribution in [0.1, 0.15) is 20.9 Å². The van der Waals surface area contributed by atoms with Gasteiger partial charge in [0.25, 0.3) is 0 Å². The third kappa shape index (κ3) is 3.42. The van der Waals surface area contributed by atoms with E-state index in [1.54, 1.807) is 22.7 Å². The van der Waals surface area contributed by atoms with E-state index < -0.39 is 0 Å². The Kier molecular flexibility index (Phi) is 5.54. The van der Waals surface area contributed by atoms with Crippen LogP contribution < -0.4 is 0 Å². The van der Waals surface area contributed by atoms with Crippen molar-refractivity contribution in [2.75, 3.05) is 0 Å². The summed E-state index contributed by atoms with van der Waals surface area (Å²) in [7, 11) is 0. The van der Waals surface area contributed by atoms with Gasteiger partial charge in [0, 0.05) is 41.4 Å². The summed E-state index contributed by atoms with van der Waals surface area (Å²) >= 11 is 11.1. The first kappa shape index (κ1) is 21.9. The van der Waals surface area contributed by atoms with E-state index in [4.69, 9.17) is 10.5 Å². The summed E-state index contributed by atoms with van der Waals surface area (Å²) in [5.41, 5.74) is 2.72. The van der Waals surface area contributed by atoms with Crippen LogP contribution in [0.3, 0.4) is 0 Å². The fourth-order valence-electron chi connectivity index (χ4n) is 3.98. The maximum atomic E-state index is 8.80. The second kappa shape index (κ2) is 8.58. The lowest BCUT2D eigenvalue weighted by atomic mass is 10.2. The molecule has 0 saturated heterocycles. The van der Waals surface area contributed by atoms with Gasteiger partial charge in [-0.15, -0.1) is 68.0 Å². The van der Waals surface area contributed by atoms with Crippen LogP contribution in [0.4, 0.5) is 0 Å². The van der Waals surface area contributed by atoms with Crippen molar-refractivity contribution in [3.8, 4) is 31.6 Å². The molecule has 0 aliphatic carbocycles. The molecule has 0 bridgehead atoms. The molecule has 164 valence electrons. The van der Waals surface area contributed by atoms with Crippen LogP contribution in [0, 0.1) is 36.5 Å². The van der Waals surface area contributed by atoms with Crippen molar-refractivity contribution in [1.29, 1.82) is 10.5 Å². The Bertz CT molecular complexity index is 1720. The summed E-state index contributed by atoms with van der Waals surface area (Å²) in [5.74, 6) is 0. The van der Waals surface area contributed by atoms with Gasteiger partial charge in [-0.25, -0.2) is 0 Å². The van der Waals surface area contributed by atoms with Crippen molar-refractivity contribution < 1.29 is 0 Å². The lowest BCUT2D eigenvalue weighted by Gasteiger charge is -1.94. The zero-order chi connectivity index (χ0) is 23.4. The van der Waals surface area contributed by atoms with E-state index in [1.165, 1.54) is 71.0 Å². The molecule has 0 amide bonds. The van der Waals surface area contributed by atoms with Gasteiger partial charge in [0.05, 0.1) is 40.3 Å². The summed E-state index contributed by atoms with van der Waals surface area (Å²) in [5, 5.41) is 17.6. The van der Waals surface area contributed by atoms with Gasteiger partial charge in [0.1, 0.15) is 0 Å². The highest BCUT2D eigenvalue weighted by atomic mass is 32.1. The number of aryl methyl sites for hydroxylation is 2. The average molecular weight is 547 g/mol. The van der Waals surface area contributed by atoms with Crippen LogP contribution in [0.2, 0.25) is 0 Å². The van der Waals surface area contributed by atoms with Crippen molar-refractivity contribution in [2.24, 2.45) is 0 Å². The van der Waals surface area contributed by atoms with Crippen LogP contribution in [0.5, 0.6) is 0 Å². The van der Waals surface area contributed by atoms with Crippen molar-refractivity contribution in [1.82, 2.24) is 0 Å². The number of thiophene rings is 6. The fraction of sp³-hybridized carbons (Fsp3) is 0.0769. The van der Waals surface area contributed by atoms with Gasteiger partial charge in [0.2, 0.25) is 0 Å². The molecule has 0 unspecified atom stereocenters. The molecule has 8 heteroatoms. The fourth-order valence-corrected chi connectivity index (χ4v) is 12.2. The number of hydrogen-bond donors (Lipinski definition) is 0. The van der Waals surface area contributed by atoms with Gasteiger partial charge in [0.15, 0.2) is 0 Å². The zero-order valence-electron chi connectivity index (χ0n) is 18.0. The number of rotatable bonds is 4. The zero-order valence-corrected chi connectivity index (χ0v) is 22.9. The second-order valence-corrected chi connectivity index (χ2v) is 13.9. The third-order valence-electron chi connectivity index (χ3n) is 5.56. The molecule has 0 N–H and O–H groups in total. The average Bonchev–Trinajstić information content (AvgIpc) is 3.64. The van der Waals surface area contributed by atoms with Crippen LogP contribution in [0.25, 0.3) is 59.9 Å². The molecule has 0 aromatic carbocycles. The first-order valence-corrected chi connectivity index (χ1v) is 15.2. The summed E-state index contributed by atoms with van der Waals surface area (Å²) in [6.07, 6.45) is 6.82. The van der Waals surface area contributed by atoms with Crippen LogP contribution >= 0.6 is 68.0 Å². The monoisotopic (exact) mass is 546 g/mol. The Labute approximate surface area is 220 Å². The molecule has 6 aromatic rings. The van der Waals surface area contributed by atoms with Crippen LogP contribution in [-0.4, -0.2) is 0 Å². The Hall–Kier alpha value is -2.56. The lowest BCUT2D eigenvalue weighted by Crippen LogP contribution is -1.68. The first-order valence-electron chi connectivity index (χ1n) is 10.3. The number of nitrogens with zero attached hydrogens (tertiary/aromatic N) is 2. The third-order valence-corrected chi connectivity index (χ3v) is 13.9. The van der Waals surface area contributed by atoms with Crippen molar-refractivity contribution >= 4 is 108 Å². The predicted octanol–water partition coefficient (Wildman–Crippen LogP) is 10.5. The van der Waals surface area contributed by atoms with Crippen LogP contribution in [0.15, 0.2) is 36.4 Å². The maximum Gasteiger partial charge on any atom is 0.0912 e. The largest absolute Gasteiger partial charge is 0.193 e. The predicted molar refractivity (Wildman–Crippen MR) is 156 cm³/mol. The number of hydrogen-bond acceptors (Lipinski definition) is 8. The minimum atomic E-state index is 1.11. The molecule has 0 radical (unpaired) electrons. The van der Waals surface area contributed by atoms with Gasteiger partial charge in [-0.2, -0.15) is 10.5 Å². The molecule has 6 rings (SSSR count). The number of allylic oxidation sites excluding steroid dienone is 2. The standard InChI is InChI=1S/C26H14N2S6/c1-13-19(17-9-7-15(29-17)5-3-11-27)31-23-21(13)33-26-24-22(34-25(23)26)14(2)20(32-24)18-10-8-16(30-18)6-4-12-28/h3-10H,1-2H3/b5-3+,6-4+. The molecule has 0 aliphatic heterocycles. The highest BCUT2D eigenvalue weighted by Crippen LogP contribution is 2.55. The second-order valence-electron chi connectivity index (χ2n) is 7.62. The number of nitriles is 2. The normalized spacial score (nSPS) is 12.1. The molecule has 0 aliphatic rings. The van der Waals surface area contributed by atoms with E-state index >= 15 is 0 Å². The molecule has 0 spiro atoms. The van der Waals surface area contributed by atoms with E-state index in [0.717, 1.165) is 9.75 Å². The van der Waals surface area contributed by atoms with Crippen LogP contribution in [-0.2, 0) is 0 Å². The highest BCUT2D eigenvalue weighted by molar-refractivity contribution is 7.46. The highest BCUT2D eigenvalue weighted by Gasteiger charge is 2.23. The Balaban J connectivity index is 1.45.